The number of hydrogen-bond donors (Lipinski definition) is 0. The van der Waals surface area contributed by atoms with Gasteiger partial charge in [-0.3, -0.25) is 9.80 Å². The maximum absolute atomic E-state index is 10.4. The summed E-state index contributed by atoms with van der Waals surface area (Å²) < 4.78 is 0. The molecule has 0 aromatic rings. The van der Waals surface area contributed by atoms with Crippen LogP contribution in [0.5, 0.6) is 0 Å². The number of carbonyl (C=O) groups excluding carboxylic acids is 4. The van der Waals surface area contributed by atoms with E-state index in [4.69, 9.17) is 0 Å². The third-order valence-electron chi connectivity index (χ3n) is 2.14. The fourth-order valence-electron chi connectivity index (χ4n) is 1.44. The first-order valence-electron chi connectivity index (χ1n) is 5.44. The second kappa shape index (κ2) is 19.6. The number of carboxylic acids is 4. The van der Waals surface area contributed by atoms with Crippen LogP contribution in [0.2, 0.25) is 0 Å². The molecule has 0 aliphatic heterocycles. The summed E-state index contributed by atoms with van der Waals surface area (Å²) in [5, 5.41) is 41.6. The molecule has 0 amide bonds. The maximum atomic E-state index is 10.4. The Morgan fingerprint density at radius 3 is 0.875 bits per heavy atom. The number of hydrogen-bond acceptors (Lipinski definition) is 10. The second-order valence-electron chi connectivity index (χ2n) is 3.91. The zero-order valence-electron chi connectivity index (χ0n) is 13.3. The van der Waals surface area contributed by atoms with Gasteiger partial charge in [0.15, 0.2) is 0 Å². The quantitative estimate of drug-likeness (QED) is 0.296. The molecule has 0 heterocycles. The minimum atomic E-state index is -1.53. The summed E-state index contributed by atoms with van der Waals surface area (Å²) in [7, 11) is 0. The molecule has 0 spiro atoms. The van der Waals surface area contributed by atoms with E-state index < -0.39 is 50.1 Å². The van der Waals surface area contributed by atoms with E-state index in [1.54, 1.807) is 0 Å². The summed E-state index contributed by atoms with van der Waals surface area (Å²) in [6.45, 7) is -3.25. The van der Waals surface area contributed by atoms with Gasteiger partial charge in [-0.2, -0.15) is 0 Å². The van der Waals surface area contributed by atoms with Gasteiger partial charge in [0, 0.05) is 56.3 Å². The third kappa shape index (κ3) is 22.3. The molecule has 2 N–H and O–H groups in total. The molecule has 0 aliphatic rings. The van der Waals surface area contributed by atoms with Gasteiger partial charge in [-0.25, -0.2) is 0 Å². The van der Waals surface area contributed by atoms with Crippen LogP contribution in [0.15, 0.2) is 0 Å². The summed E-state index contributed by atoms with van der Waals surface area (Å²) >= 11 is 0. The van der Waals surface area contributed by atoms with Crippen molar-refractivity contribution in [2.45, 2.75) is 0 Å². The Hall–Kier alpha value is 0.279. The molecule has 0 saturated heterocycles. The van der Waals surface area contributed by atoms with Gasteiger partial charge >= 0.3 is 59.1 Å². The number of aliphatic carboxylic acids is 4. The molecule has 0 fully saturated rings. The Labute approximate surface area is 192 Å². The molecule has 14 heteroatoms. The van der Waals surface area contributed by atoms with Crippen molar-refractivity contribution in [2.24, 2.45) is 0 Å². The van der Waals surface area contributed by atoms with Crippen LogP contribution in [-0.2, 0) is 36.2 Å². The van der Waals surface area contributed by atoms with Crippen molar-refractivity contribution in [1.82, 2.24) is 9.80 Å². The normalized spacial score (nSPS) is 8.92. The van der Waals surface area contributed by atoms with Crippen molar-refractivity contribution in [1.29, 1.82) is 0 Å². The van der Waals surface area contributed by atoms with Crippen LogP contribution in [0.1, 0.15) is 0 Å². The van der Waals surface area contributed by atoms with E-state index in [9.17, 15) is 39.6 Å². The van der Waals surface area contributed by atoms with Crippen LogP contribution in [0.25, 0.3) is 0 Å². The van der Waals surface area contributed by atoms with E-state index in [0.29, 0.717) is 0 Å². The second-order valence-corrected chi connectivity index (χ2v) is 3.91. The van der Waals surface area contributed by atoms with E-state index in [2.05, 4.69) is 0 Å². The summed E-state index contributed by atoms with van der Waals surface area (Å²) in [4.78, 5) is 43.4. The Bertz CT molecular complexity index is 333. The number of nitrogens with zero attached hydrogens (tertiary/aromatic N) is 2. The molecule has 24 heavy (non-hydrogen) atoms. The molecular formula is C10H14MnN2Na2O9-2. The largest absolute Gasteiger partial charge is 1.00 e. The van der Waals surface area contributed by atoms with E-state index in [0.717, 1.165) is 9.80 Å². The van der Waals surface area contributed by atoms with Crippen molar-refractivity contribution in [3.8, 4) is 0 Å². The molecule has 0 aromatic heterocycles. The summed E-state index contributed by atoms with van der Waals surface area (Å²) in [6, 6.07) is 0. The standard InChI is InChI=1S/C10H16N2O8.Mn.2Na.H2O/c13-7(14)3-11(4-8(15)16)1-2-12(5-9(17)18)6-10(19)20;;;;/h1-6H2,(H,13,14)(H,15,16)(H,17,18)(H,19,20);;;;1H2/q;;2*+1;/p-4. The van der Waals surface area contributed by atoms with Crippen molar-refractivity contribution < 1.29 is 121 Å². The molecule has 1 radical (unpaired) electrons. The van der Waals surface area contributed by atoms with Gasteiger partial charge in [-0.1, -0.05) is 0 Å². The Morgan fingerprint density at radius 2 is 0.750 bits per heavy atom. The minimum Gasteiger partial charge on any atom is -0.549 e. The van der Waals surface area contributed by atoms with Crippen LogP contribution in [0, 0.1) is 0 Å². The molecule has 11 nitrogen and oxygen atoms in total. The van der Waals surface area contributed by atoms with Crippen LogP contribution >= 0.6 is 0 Å². The van der Waals surface area contributed by atoms with Gasteiger partial charge in [0.1, 0.15) is 0 Å². The van der Waals surface area contributed by atoms with Gasteiger partial charge in [0.05, 0.1) is 23.9 Å². The fourth-order valence-corrected chi connectivity index (χ4v) is 1.44. The first-order valence-corrected chi connectivity index (χ1v) is 5.44. The molecule has 0 atom stereocenters. The monoisotopic (exact) mass is 407 g/mol. The first kappa shape index (κ1) is 35.4. The van der Waals surface area contributed by atoms with Crippen LogP contribution in [0.3, 0.4) is 0 Å². The van der Waals surface area contributed by atoms with Gasteiger partial charge in [-0.15, -0.1) is 0 Å². The summed E-state index contributed by atoms with van der Waals surface area (Å²) in [5.74, 6) is -6.12. The molecule has 0 rings (SSSR count). The van der Waals surface area contributed by atoms with Crippen molar-refractivity contribution >= 4 is 23.9 Å². The maximum Gasteiger partial charge on any atom is 1.00 e. The topological polar surface area (TPSA) is 198 Å². The van der Waals surface area contributed by atoms with Crippen LogP contribution < -0.4 is 79.5 Å². The molecule has 0 unspecified atom stereocenters. The van der Waals surface area contributed by atoms with Crippen molar-refractivity contribution in [3.63, 3.8) is 0 Å². The number of rotatable bonds is 11. The molecule has 0 aliphatic carbocycles. The SMILES string of the molecule is O.O=C([O-])CN(CCN(CC(=O)[O-])CC(=O)[O-])CC(=O)[O-].[Mn].[Na+].[Na+]. The molecule has 0 saturated carbocycles. The minimum absolute atomic E-state index is 0. The van der Waals surface area contributed by atoms with E-state index in [-0.39, 0.29) is 94.7 Å². The van der Waals surface area contributed by atoms with E-state index in [1.165, 1.54) is 0 Å². The van der Waals surface area contributed by atoms with Crippen LogP contribution in [-0.4, -0.2) is 78.4 Å². The smallest absolute Gasteiger partial charge is 0.549 e. The average molecular weight is 407 g/mol. The molecule has 0 bridgehead atoms. The van der Waals surface area contributed by atoms with Gasteiger partial charge in [0.25, 0.3) is 0 Å². The van der Waals surface area contributed by atoms with Gasteiger partial charge in [-0.05, 0) is 0 Å². The Kier molecular flexibility index (Phi) is 28.9. The molecule has 129 valence electrons. The zero-order chi connectivity index (χ0) is 15.7. The van der Waals surface area contributed by atoms with Crippen LogP contribution in [0.4, 0.5) is 0 Å². The first-order chi connectivity index (χ1) is 9.20. The summed E-state index contributed by atoms with van der Waals surface area (Å²) in [5.41, 5.74) is 0. The predicted octanol–water partition coefficient (Wildman–Crippen LogP) is -14.2. The zero-order valence-corrected chi connectivity index (χ0v) is 18.5. The van der Waals surface area contributed by atoms with Gasteiger partial charge < -0.3 is 45.1 Å². The van der Waals surface area contributed by atoms with E-state index in [1.807, 2.05) is 0 Å². The molecule has 0 aromatic carbocycles. The Morgan fingerprint density at radius 1 is 0.583 bits per heavy atom. The Balaban J connectivity index is -0.000000301. The van der Waals surface area contributed by atoms with E-state index >= 15 is 0 Å². The summed E-state index contributed by atoms with van der Waals surface area (Å²) in [6.07, 6.45) is 0. The predicted molar refractivity (Wildman–Crippen MR) is 56.5 cm³/mol. The molecular weight excluding hydrogens is 393 g/mol. The number of carbonyl (C=O) groups is 4. The van der Waals surface area contributed by atoms with Crippen molar-refractivity contribution in [2.75, 3.05) is 39.3 Å². The fraction of sp³-hybridized carbons (Fsp3) is 0.600. The average Bonchev–Trinajstić information content (AvgIpc) is 2.22. The number of carboxylic acid groups (broad SMARTS) is 4. The van der Waals surface area contributed by atoms with Gasteiger partial charge in [0.2, 0.25) is 0 Å². The van der Waals surface area contributed by atoms with Crippen molar-refractivity contribution in [3.05, 3.63) is 0 Å². The third-order valence-corrected chi connectivity index (χ3v) is 2.14.